The average molecular weight is 305 g/mol. The fourth-order valence-electron chi connectivity index (χ4n) is 2.73. The second kappa shape index (κ2) is 8.10. The molecular weight excluding hydrogens is 278 g/mol. The number of carbonyl (C=O) groups excluding carboxylic acids is 1. The van der Waals surface area contributed by atoms with E-state index in [-0.39, 0.29) is 6.03 Å². The SMILES string of the molecule is CC(C)C(CNC(=O)Nc1ccccn1)N1CCN(C)CC1. The normalized spacial score (nSPS) is 18.2. The average Bonchev–Trinajstić information content (AvgIpc) is 2.50. The highest BCUT2D eigenvalue weighted by Crippen LogP contribution is 2.13. The molecule has 2 amide bonds. The smallest absolute Gasteiger partial charge is 0.320 e. The van der Waals surface area contributed by atoms with Crippen molar-refractivity contribution in [3.8, 4) is 0 Å². The summed E-state index contributed by atoms with van der Waals surface area (Å²) in [6.07, 6.45) is 1.66. The molecule has 1 aromatic heterocycles. The number of pyridine rings is 1. The fourth-order valence-corrected chi connectivity index (χ4v) is 2.73. The summed E-state index contributed by atoms with van der Waals surface area (Å²) in [7, 11) is 2.15. The fraction of sp³-hybridized carbons (Fsp3) is 0.625. The molecule has 2 heterocycles. The van der Waals surface area contributed by atoms with Crippen molar-refractivity contribution in [3.05, 3.63) is 24.4 Å². The molecule has 0 aromatic carbocycles. The van der Waals surface area contributed by atoms with Gasteiger partial charge in [0, 0.05) is 45.0 Å². The Morgan fingerprint density at radius 1 is 1.27 bits per heavy atom. The van der Waals surface area contributed by atoms with E-state index in [1.54, 1.807) is 12.3 Å². The number of likely N-dealkylation sites (N-methyl/N-ethyl adjacent to an activating group) is 1. The van der Waals surface area contributed by atoms with E-state index in [1.807, 2.05) is 12.1 Å². The van der Waals surface area contributed by atoms with Crippen LogP contribution in [0.3, 0.4) is 0 Å². The van der Waals surface area contributed by atoms with Gasteiger partial charge in [0.15, 0.2) is 0 Å². The molecule has 1 fully saturated rings. The minimum atomic E-state index is -0.196. The number of rotatable bonds is 5. The predicted octanol–water partition coefficient (Wildman–Crippen LogP) is 1.48. The molecule has 1 unspecified atom stereocenters. The van der Waals surface area contributed by atoms with Gasteiger partial charge in [0.2, 0.25) is 0 Å². The third-order valence-electron chi connectivity index (χ3n) is 4.15. The summed E-state index contributed by atoms with van der Waals surface area (Å²) in [6.45, 7) is 9.36. The molecule has 2 rings (SSSR count). The van der Waals surface area contributed by atoms with Gasteiger partial charge in [-0.3, -0.25) is 10.2 Å². The maximum Gasteiger partial charge on any atom is 0.320 e. The van der Waals surface area contributed by atoms with Crippen molar-refractivity contribution < 1.29 is 4.79 Å². The van der Waals surface area contributed by atoms with Crippen molar-refractivity contribution in [2.75, 3.05) is 45.1 Å². The third-order valence-corrected chi connectivity index (χ3v) is 4.15. The number of nitrogens with one attached hydrogen (secondary N) is 2. The van der Waals surface area contributed by atoms with E-state index in [0.29, 0.717) is 24.3 Å². The lowest BCUT2D eigenvalue weighted by molar-refractivity contribution is 0.0890. The van der Waals surface area contributed by atoms with E-state index in [2.05, 4.69) is 46.3 Å². The molecular formula is C16H27N5O. The minimum Gasteiger partial charge on any atom is -0.336 e. The van der Waals surface area contributed by atoms with Crippen molar-refractivity contribution in [1.29, 1.82) is 0 Å². The molecule has 0 aliphatic carbocycles. The van der Waals surface area contributed by atoms with Crippen molar-refractivity contribution in [1.82, 2.24) is 20.1 Å². The molecule has 22 heavy (non-hydrogen) atoms. The Morgan fingerprint density at radius 2 is 2.00 bits per heavy atom. The molecule has 2 N–H and O–H groups in total. The van der Waals surface area contributed by atoms with Gasteiger partial charge in [-0.15, -0.1) is 0 Å². The molecule has 0 saturated carbocycles. The van der Waals surface area contributed by atoms with Crippen molar-refractivity contribution in [3.63, 3.8) is 0 Å². The predicted molar refractivity (Wildman–Crippen MR) is 89.0 cm³/mol. The number of anilines is 1. The van der Waals surface area contributed by atoms with Gasteiger partial charge in [-0.1, -0.05) is 19.9 Å². The van der Waals surface area contributed by atoms with Crippen LogP contribution in [0.4, 0.5) is 10.6 Å². The Hall–Kier alpha value is -1.66. The quantitative estimate of drug-likeness (QED) is 0.865. The largest absolute Gasteiger partial charge is 0.336 e. The second-order valence-corrected chi connectivity index (χ2v) is 6.20. The van der Waals surface area contributed by atoms with Crippen LogP contribution in [0.5, 0.6) is 0 Å². The van der Waals surface area contributed by atoms with Gasteiger partial charge in [0.1, 0.15) is 5.82 Å². The topological polar surface area (TPSA) is 60.5 Å². The van der Waals surface area contributed by atoms with Gasteiger partial charge < -0.3 is 10.2 Å². The van der Waals surface area contributed by atoms with Gasteiger partial charge >= 0.3 is 6.03 Å². The van der Waals surface area contributed by atoms with E-state index in [0.717, 1.165) is 26.2 Å². The number of hydrogen-bond donors (Lipinski definition) is 2. The first kappa shape index (κ1) is 16.7. The lowest BCUT2D eigenvalue weighted by Crippen LogP contribution is -2.54. The molecule has 1 atom stereocenters. The zero-order valence-electron chi connectivity index (χ0n) is 13.7. The van der Waals surface area contributed by atoms with Crippen LogP contribution in [0.1, 0.15) is 13.8 Å². The van der Waals surface area contributed by atoms with Crippen molar-refractivity contribution >= 4 is 11.8 Å². The summed E-state index contributed by atoms with van der Waals surface area (Å²) >= 11 is 0. The number of hydrogen-bond acceptors (Lipinski definition) is 4. The van der Waals surface area contributed by atoms with Crippen LogP contribution in [0.25, 0.3) is 0 Å². The number of piperazine rings is 1. The Balaban J connectivity index is 1.82. The highest BCUT2D eigenvalue weighted by atomic mass is 16.2. The first-order valence-electron chi connectivity index (χ1n) is 7.94. The van der Waals surface area contributed by atoms with Crippen LogP contribution < -0.4 is 10.6 Å². The highest BCUT2D eigenvalue weighted by Gasteiger charge is 2.25. The Morgan fingerprint density at radius 3 is 2.59 bits per heavy atom. The third kappa shape index (κ3) is 4.96. The van der Waals surface area contributed by atoms with Crippen LogP contribution in [0.2, 0.25) is 0 Å². The summed E-state index contributed by atoms with van der Waals surface area (Å²) in [5.74, 6) is 1.07. The van der Waals surface area contributed by atoms with Gasteiger partial charge in [0.25, 0.3) is 0 Å². The molecule has 1 aliphatic rings. The molecule has 0 radical (unpaired) electrons. The Labute approximate surface area is 132 Å². The summed E-state index contributed by atoms with van der Waals surface area (Å²) in [6, 6.07) is 5.62. The highest BCUT2D eigenvalue weighted by molar-refractivity contribution is 5.88. The zero-order chi connectivity index (χ0) is 15.9. The standard InChI is InChI=1S/C16H27N5O/c1-13(2)14(21-10-8-20(3)9-11-21)12-18-16(22)19-15-6-4-5-7-17-15/h4-7,13-14H,8-12H2,1-3H3,(H2,17,18,19,22). The molecule has 0 spiro atoms. The van der Waals surface area contributed by atoms with Crippen LogP contribution in [0.15, 0.2) is 24.4 Å². The van der Waals surface area contributed by atoms with Gasteiger partial charge in [-0.2, -0.15) is 0 Å². The Bertz CT molecular complexity index is 457. The lowest BCUT2D eigenvalue weighted by atomic mass is 10.0. The summed E-state index contributed by atoms with van der Waals surface area (Å²) in [5.41, 5.74) is 0. The monoisotopic (exact) mass is 305 g/mol. The first-order chi connectivity index (χ1) is 10.6. The molecule has 0 bridgehead atoms. The van der Waals surface area contributed by atoms with E-state index in [9.17, 15) is 4.79 Å². The van der Waals surface area contributed by atoms with E-state index < -0.39 is 0 Å². The number of carbonyl (C=O) groups is 1. The van der Waals surface area contributed by atoms with E-state index >= 15 is 0 Å². The molecule has 1 aromatic rings. The molecule has 1 saturated heterocycles. The van der Waals surface area contributed by atoms with Crippen molar-refractivity contribution in [2.45, 2.75) is 19.9 Å². The molecule has 122 valence electrons. The van der Waals surface area contributed by atoms with Gasteiger partial charge in [-0.25, -0.2) is 9.78 Å². The van der Waals surface area contributed by atoms with Crippen LogP contribution >= 0.6 is 0 Å². The second-order valence-electron chi connectivity index (χ2n) is 6.20. The summed E-state index contributed by atoms with van der Waals surface area (Å²) in [4.78, 5) is 20.9. The number of amides is 2. The van der Waals surface area contributed by atoms with E-state index in [1.165, 1.54) is 0 Å². The number of aromatic nitrogens is 1. The maximum absolute atomic E-state index is 12.0. The Kier molecular flexibility index (Phi) is 6.15. The molecule has 1 aliphatic heterocycles. The number of nitrogens with zero attached hydrogens (tertiary/aromatic N) is 3. The first-order valence-corrected chi connectivity index (χ1v) is 7.94. The zero-order valence-corrected chi connectivity index (χ0v) is 13.7. The van der Waals surface area contributed by atoms with Crippen LogP contribution in [-0.2, 0) is 0 Å². The van der Waals surface area contributed by atoms with Crippen LogP contribution in [0, 0.1) is 5.92 Å². The summed E-state index contributed by atoms with van der Waals surface area (Å²) < 4.78 is 0. The van der Waals surface area contributed by atoms with Crippen LogP contribution in [-0.4, -0.2) is 66.6 Å². The van der Waals surface area contributed by atoms with Gasteiger partial charge in [-0.05, 0) is 25.1 Å². The van der Waals surface area contributed by atoms with Crippen molar-refractivity contribution in [2.24, 2.45) is 5.92 Å². The van der Waals surface area contributed by atoms with E-state index in [4.69, 9.17) is 0 Å². The van der Waals surface area contributed by atoms with Gasteiger partial charge in [0.05, 0.1) is 0 Å². The maximum atomic E-state index is 12.0. The molecule has 6 heteroatoms. The minimum absolute atomic E-state index is 0.196. The summed E-state index contributed by atoms with van der Waals surface area (Å²) in [5, 5.41) is 5.73. The number of urea groups is 1. The molecule has 6 nitrogen and oxygen atoms in total. The lowest BCUT2D eigenvalue weighted by Gasteiger charge is -2.39.